The number of benzene rings is 1. The van der Waals surface area contributed by atoms with Gasteiger partial charge in [-0.15, -0.1) is 0 Å². The first kappa shape index (κ1) is 15.4. The van der Waals surface area contributed by atoms with Crippen LogP contribution in [0.4, 0.5) is 4.39 Å². The normalized spacial score (nSPS) is 9.76. The second-order valence-electron chi connectivity index (χ2n) is 3.58. The molecule has 0 N–H and O–H groups in total. The fourth-order valence-electron chi connectivity index (χ4n) is 1.05. The fourth-order valence-corrected chi connectivity index (χ4v) is 1.05. The minimum Gasteiger partial charge on any atom is -0.303 e. The van der Waals surface area contributed by atoms with Crippen LogP contribution in [0.25, 0.3) is 5.57 Å². The van der Waals surface area contributed by atoms with E-state index in [4.69, 9.17) is 0 Å². The summed E-state index contributed by atoms with van der Waals surface area (Å²) in [7, 11) is 3.64. The average molecular weight is 236 g/mol. The number of hydrazone groups is 1. The molecule has 94 valence electrons. The molecule has 3 heteroatoms. The SMILES string of the molecule is C=C(/C=N\N(C)C)c1ccc(C)c(F)c1.CC. The van der Waals surface area contributed by atoms with Crippen LogP contribution in [-0.2, 0) is 0 Å². The highest BCUT2D eigenvalue weighted by Gasteiger charge is 2.01. The number of hydrogen-bond acceptors (Lipinski definition) is 2. The average Bonchev–Trinajstić information content (AvgIpc) is 2.32. The molecular formula is C14H21FN2. The molecular weight excluding hydrogens is 215 g/mol. The third kappa shape index (κ3) is 5.29. The van der Waals surface area contributed by atoms with E-state index in [0.717, 1.165) is 5.56 Å². The van der Waals surface area contributed by atoms with Crippen LogP contribution in [0.3, 0.4) is 0 Å². The predicted molar refractivity (Wildman–Crippen MR) is 73.7 cm³/mol. The number of allylic oxidation sites excluding steroid dienone is 1. The highest BCUT2D eigenvalue weighted by molar-refractivity contribution is 6.08. The maximum absolute atomic E-state index is 13.2. The highest BCUT2D eigenvalue weighted by Crippen LogP contribution is 2.14. The Morgan fingerprint density at radius 1 is 1.35 bits per heavy atom. The van der Waals surface area contributed by atoms with Gasteiger partial charge in [-0.2, -0.15) is 5.10 Å². The molecule has 0 spiro atoms. The summed E-state index contributed by atoms with van der Waals surface area (Å²) in [6.45, 7) is 9.56. The van der Waals surface area contributed by atoms with Crippen molar-refractivity contribution in [3.8, 4) is 0 Å². The van der Waals surface area contributed by atoms with Gasteiger partial charge >= 0.3 is 0 Å². The smallest absolute Gasteiger partial charge is 0.126 e. The molecule has 0 saturated heterocycles. The van der Waals surface area contributed by atoms with Crippen molar-refractivity contribution in [3.63, 3.8) is 0 Å². The molecule has 0 heterocycles. The summed E-state index contributed by atoms with van der Waals surface area (Å²) in [5, 5.41) is 5.70. The van der Waals surface area contributed by atoms with Gasteiger partial charge in [0.25, 0.3) is 0 Å². The lowest BCUT2D eigenvalue weighted by Crippen LogP contribution is -2.02. The van der Waals surface area contributed by atoms with Gasteiger partial charge in [-0.25, -0.2) is 4.39 Å². The maximum atomic E-state index is 13.2. The van der Waals surface area contributed by atoms with Gasteiger partial charge < -0.3 is 5.01 Å². The van der Waals surface area contributed by atoms with E-state index in [1.54, 1.807) is 24.2 Å². The molecule has 17 heavy (non-hydrogen) atoms. The van der Waals surface area contributed by atoms with E-state index in [1.165, 1.54) is 6.07 Å². The molecule has 0 unspecified atom stereocenters. The molecule has 2 nitrogen and oxygen atoms in total. The van der Waals surface area contributed by atoms with E-state index >= 15 is 0 Å². The van der Waals surface area contributed by atoms with Gasteiger partial charge in [-0.3, -0.25) is 0 Å². The van der Waals surface area contributed by atoms with Crippen molar-refractivity contribution in [3.05, 3.63) is 41.7 Å². The monoisotopic (exact) mass is 236 g/mol. The second-order valence-corrected chi connectivity index (χ2v) is 3.58. The van der Waals surface area contributed by atoms with Gasteiger partial charge in [0, 0.05) is 14.1 Å². The Balaban J connectivity index is 0.00000121. The number of hydrogen-bond donors (Lipinski definition) is 0. The van der Waals surface area contributed by atoms with Crippen molar-refractivity contribution in [2.75, 3.05) is 14.1 Å². The van der Waals surface area contributed by atoms with Crippen LogP contribution in [0.15, 0.2) is 29.9 Å². The summed E-state index contributed by atoms with van der Waals surface area (Å²) in [5.41, 5.74) is 2.09. The first-order chi connectivity index (χ1) is 8.00. The second kappa shape index (κ2) is 7.60. The number of aryl methyl sites for hydroxylation is 1. The van der Waals surface area contributed by atoms with Crippen molar-refractivity contribution in [2.45, 2.75) is 20.8 Å². The first-order valence-electron chi connectivity index (χ1n) is 5.67. The minimum absolute atomic E-state index is 0.216. The fraction of sp³-hybridized carbons (Fsp3) is 0.357. The summed E-state index contributed by atoms with van der Waals surface area (Å²) in [6.07, 6.45) is 1.62. The molecule has 0 aliphatic carbocycles. The van der Waals surface area contributed by atoms with Gasteiger partial charge in [-0.1, -0.05) is 32.6 Å². The predicted octanol–water partition coefficient (Wildman–Crippen LogP) is 3.72. The van der Waals surface area contributed by atoms with E-state index in [9.17, 15) is 4.39 Å². The van der Waals surface area contributed by atoms with E-state index in [0.29, 0.717) is 11.1 Å². The number of rotatable bonds is 3. The molecule has 1 aromatic carbocycles. The first-order valence-corrected chi connectivity index (χ1v) is 5.67. The zero-order chi connectivity index (χ0) is 13.4. The van der Waals surface area contributed by atoms with Crippen molar-refractivity contribution in [1.29, 1.82) is 0 Å². The Labute approximate surface area is 103 Å². The van der Waals surface area contributed by atoms with Crippen molar-refractivity contribution < 1.29 is 4.39 Å². The van der Waals surface area contributed by atoms with Crippen LogP contribution in [0.1, 0.15) is 25.0 Å². The Hall–Kier alpha value is -1.64. The summed E-state index contributed by atoms with van der Waals surface area (Å²) >= 11 is 0. The van der Waals surface area contributed by atoms with Gasteiger partial charge in [0.15, 0.2) is 0 Å². The Kier molecular flexibility index (Phi) is 6.87. The summed E-state index contributed by atoms with van der Waals surface area (Å²) in [5.74, 6) is -0.216. The standard InChI is InChI=1S/C12H15FN2.C2H6/c1-9-5-6-11(7-12(9)13)10(2)8-14-15(3)4;1-2/h5-8H,2H2,1,3-4H3;1-2H3/b14-8-;. The zero-order valence-electron chi connectivity index (χ0n) is 11.3. The molecule has 0 atom stereocenters. The molecule has 0 aliphatic rings. The molecule has 0 fully saturated rings. The number of halogens is 1. The highest BCUT2D eigenvalue weighted by atomic mass is 19.1. The van der Waals surface area contributed by atoms with Gasteiger partial charge in [0.1, 0.15) is 5.82 Å². The lowest BCUT2D eigenvalue weighted by molar-refractivity contribution is 0.441. The van der Waals surface area contributed by atoms with Crippen molar-refractivity contribution >= 4 is 11.8 Å². The molecule has 0 aliphatic heterocycles. The summed E-state index contributed by atoms with van der Waals surface area (Å²) in [4.78, 5) is 0. The van der Waals surface area contributed by atoms with Crippen molar-refractivity contribution in [1.82, 2.24) is 5.01 Å². The Morgan fingerprint density at radius 3 is 2.41 bits per heavy atom. The van der Waals surface area contributed by atoms with Gasteiger partial charge in [0.05, 0.1) is 6.21 Å². The lowest BCUT2D eigenvalue weighted by Gasteiger charge is -2.05. The van der Waals surface area contributed by atoms with Gasteiger partial charge in [0.2, 0.25) is 0 Å². The molecule has 0 bridgehead atoms. The van der Waals surface area contributed by atoms with Crippen LogP contribution in [0, 0.1) is 12.7 Å². The summed E-state index contributed by atoms with van der Waals surface area (Å²) < 4.78 is 13.2. The lowest BCUT2D eigenvalue weighted by atomic mass is 10.1. The van der Waals surface area contributed by atoms with Crippen molar-refractivity contribution in [2.24, 2.45) is 5.10 Å². The Morgan fingerprint density at radius 2 is 1.94 bits per heavy atom. The Bertz CT molecular complexity index is 395. The largest absolute Gasteiger partial charge is 0.303 e. The number of nitrogens with zero attached hydrogens (tertiary/aromatic N) is 2. The molecule has 0 amide bonds. The third-order valence-electron chi connectivity index (χ3n) is 1.99. The van der Waals surface area contributed by atoms with E-state index in [1.807, 2.05) is 34.0 Å². The molecule has 0 saturated carbocycles. The van der Waals surface area contributed by atoms with Gasteiger partial charge in [-0.05, 0) is 29.7 Å². The van der Waals surface area contributed by atoms with Crippen LogP contribution in [0.5, 0.6) is 0 Å². The topological polar surface area (TPSA) is 15.6 Å². The molecule has 0 radical (unpaired) electrons. The van der Waals surface area contributed by atoms with Crippen LogP contribution in [-0.4, -0.2) is 25.3 Å². The quantitative estimate of drug-likeness (QED) is 0.577. The van der Waals surface area contributed by atoms with E-state index < -0.39 is 0 Å². The van der Waals surface area contributed by atoms with Crippen LogP contribution >= 0.6 is 0 Å². The van der Waals surface area contributed by atoms with E-state index in [-0.39, 0.29) is 5.82 Å². The molecule has 1 aromatic rings. The maximum Gasteiger partial charge on any atom is 0.126 e. The van der Waals surface area contributed by atoms with Crippen LogP contribution in [0.2, 0.25) is 0 Å². The summed E-state index contributed by atoms with van der Waals surface area (Å²) in [6, 6.07) is 5.04. The molecule has 0 aromatic heterocycles. The minimum atomic E-state index is -0.216. The van der Waals surface area contributed by atoms with Crippen LogP contribution < -0.4 is 0 Å². The van der Waals surface area contributed by atoms with E-state index in [2.05, 4.69) is 11.7 Å². The molecule has 1 rings (SSSR count). The zero-order valence-corrected chi connectivity index (χ0v) is 11.3. The third-order valence-corrected chi connectivity index (χ3v) is 1.99.